The van der Waals surface area contributed by atoms with Crippen molar-refractivity contribution >= 4 is 17.4 Å². The standard InChI is InChI=1S/C17H15FN4O2/c1-2-13-9-21(17(23)24-13)12-4-5-14(15(18)7-12)11-3-6-16-19-10-20-22(16)8-11/h3-8,10,13H,2,9H2,1H3. The molecule has 1 aliphatic heterocycles. The number of hydrogen-bond donors (Lipinski definition) is 0. The Morgan fingerprint density at radius 2 is 2.21 bits per heavy atom. The lowest BCUT2D eigenvalue weighted by Crippen LogP contribution is -2.24. The first-order valence-corrected chi connectivity index (χ1v) is 7.73. The quantitative estimate of drug-likeness (QED) is 0.741. The van der Waals surface area contributed by atoms with Gasteiger partial charge in [-0.1, -0.05) is 6.92 Å². The molecule has 7 heteroatoms. The van der Waals surface area contributed by atoms with Gasteiger partial charge in [-0.3, -0.25) is 4.90 Å². The maximum atomic E-state index is 14.6. The van der Waals surface area contributed by atoms with E-state index in [-0.39, 0.29) is 6.10 Å². The van der Waals surface area contributed by atoms with Crippen LogP contribution >= 0.6 is 0 Å². The Bertz CT molecular complexity index is 924. The highest BCUT2D eigenvalue weighted by Gasteiger charge is 2.31. The van der Waals surface area contributed by atoms with Gasteiger partial charge in [0.2, 0.25) is 0 Å². The average Bonchev–Trinajstić information content (AvgIpc) is 3.20. The van der Waals surface area contributed by atoms with E-state index in [4.69, 9.17) is 4.74 Å². The van der Waals surface area contributed by atoms with Gasteiger partial charge in [0.05, 0.1) is 12.2 Å². The van der Waals surface area contributed by atoms with E-state index >= 15 is 0 Å². The molecule has 6 nitrogen and oxygen atoms in total. The number of anilines is 1. The Kier molecular flexibility index (Phi) is 3.41. The average molecular weight is 326 g/mol. The molecule has 1 atom stereocenters. The minimum absolute atomic E-state index is 0.144. The van der Waals surface area contributed by atoms with Crippen molar-refractivity contribution in [1.29, 1.82) is 0 Å². The van der Waals surface area contributed by atoms with E-state index in [1.54, 1.807) is 35.0 Å². The zero-order valence-electron chi connectivity index (χ0n) is 13.0. The van der Waals surface area contributed by atoms with Gasteiger partial charge in [-0.2, -0.15) is 5.10 Å². The van der Waals surface area contributed by atoms with Crippen LogP contribution in [0.2, 0.25) is 0 Å². The zero-order valence-corrected chi connectivity index (χ0v) is 13.0. The van der Waals surface area contributed by atoms with E-state index < -0.39 is 11.9 Å². The molecule has 1 saturated heterocycles. The van der Waals surface area contributed by atoms with Crippen LogP contribution in [0.15, 0.2) is 42.9 Å². The number of carbonyl (C=O) groups is 1. The molecule has 0 bridgehead atoms. The summed E-state index contributed by atoms with van der Waals surface area (Å²) in [7, 11) is 0. The Morgan fingerprint density at radius 3 is 2.96 bits per heavy atom. The summed E-state index contributed by atoms with van der Waals surface area (Å²) in [5, 5.41) is 4.06. The number of amides is 1. The number of aromatic nitrogens is 3. The molecular formula is C17H15FN4O2. The molecule has 1 aromatic carbocycles. The van der Waals surface area contributed by atoms with E-state index in [2.05, 4.69) is 10.1 Å². The monoisotopic (exact) mass is 326 g/mol. The Hall–Kier alpha value is -2.96. The fourth-order valence-corrected chi connectivity index (χ4v) is 2.83. The summed E-state index contributed by atoms with van der Waals surface area (Å²) in [6.07, 6.45) is 3.33. The van der Waals surface area contributed by atoms with E-state index in [9.17, 15) is 9.18 Å². The lowest BCUT2D eigenvalue weighted by molar-refractivity contribution is 0.139. The largest absolute Gasteiger partial charge is 0.444 e. The number of carbonyl (C=O) groups excluding carboxylic acids is 1. The van der Waals surface area contributed by atoms with Gasteiger partial charge >= 0.3 is 6.09 Å². The molecule has 24 heavy (non-hydrogen) atoms. The van der Waals surface area contributed by atoms with Crippen molar-refractivity contribution in [2.75, 3.05) is 11.4 Å². The minimum Gasteiger partial charge on any atom is -0.444 e. The van der Waals surface area contributed by atoms with Crippen LogP contribution in [-0.4, -0.2) is 33.3 Å². The molecule has 3 heterocycles. The van der Waals surface area contributed by atoms with Crippen molar-refractivity contribution in [3.8, 4) is 11.1 Å². The molecule has 2 aromatic heterocycles. The fourth-order valence-electron chi connectivity index (χ4n) is 2.83. The van der Waals surface area contributed by atoms with Gasteiger partial charge in [0.25, 0.3) is 0 Å². The first-order valence-electron chi connectivity index (χ1n) is 7.73. The topological polar surface area (TPSA) is 59.7 Å². The molecule has 1 unspecified atom stereocenters. The van der Waals surface area contributed by atoms with Crippen LogP contribution in [0.3, 0.4) is 0 Å². The Labute approximate surface area is 137 Å². The van der Waals surface area contributed by atoms with Crippen LogP contribution in [0.5, 0.6) is 0 Å². The molecule has 0 saturated carbocycles. The third-order valence-electron chi connectivity index (χ3n) is 4.18. The smallest absolute Gasteiger partial charge is 0.414 e. The highest BCUT2D eigenvalue weighted by molar-refractivity contribution is 5.90. The molecule has 3 aromatic rings. The molecule has 122 valence electrons. The minimum atomic E-state index is -0.432. The van der Waals surface area contributed by atoms with Crippen molar-refractivity contribution in [2.45, 2.75) is 19.4 Å². The summed E-state index contributed by atoms with van der Waals surface area (Å²) in [4.78, 5) is 17.4. The highest BCUT2D eigenvalue weighted by atomic mass is 19.1. The van der Waals surface area contributed by atoms with Gasteiger partial charge in [0.1, 0.15) is 18.2 Å². The van der Waals surface area contributed by atoms with Crippen molar-refractivity contribution in [3.63, 3.8) is 0 Å². The van der Waals surface area contributed by atoms with E-state index in [1.165, 1.54) is 17.3 Å². The third-order valence-corrected chi connectivity index (χ3v) is 4.18. The number of nitrogens with zero attached hydrogens (tertiary/aromatic N) is 4. The predicted molar refractivity (Wildman–Crippen MR) is 86.3 cm³/mol. The van der Waals surface area contributed by atoms with Crippen molar-refractivity contribution in [1.82, 2.24) is 14.6 Å². The van der Waals surface area contributed by atoms with Gasteiger partial charge < -0.3 is 4.74 Å². The maximum absolute atomic E-state index is 14.6. The third kappa shape index (κ3) is 2.38. The van der Waals surface area contributed by atoms with Gasteiger partial charge in [0.15, 0.2) is 5.65 Å². The van der Waals surface area contributed by atoms with Crippen molar-refractivity contribution < 1.29 is 13.9 Å². The molecule has 0 N–H and O–H groups in total. The van der Waals surface area contributed by atoms with Crippen LogP contribution < -0.4 is 4.90 Å². The Balaban J connectivity index is 1.68. The maximum Gasteiger partial charge on any atom is 0.414 e. The van der Waals surface area contributed by atoms with Crippen LogP contribution in [0, 0.1) is 5.82 Å². The normalized spacial score (nSPS) is 17.5. The molecule has 0 spiro atoms. The molecule has 0 radical (unpaired) electrons. The van der Waals surface area contributed by atoms with E-state index in [0.29, 0.717) is 29.0 Å². The summed E-state index contributed by atoms with van der Waals surface area (Å²) in [6, 6.07) is 8.32. The SMILES string of the molecule is CCC1CN(c2ccc(-c3ccc4ncnn4c3)c(F)c2)C(=O)O1. The number of fused-ring (bicyclic) bond motifs is 1. The first kappa shape index (κ1) is 14.6. The second kappa shape index (κ2) is 5.59. The van der Waals surface area contributed by atoms with E-state index in [1.807, 2.05) is 6.92 Å². The second-order valence-electron chi connectivity index (χ2n) is 5.67. The summed E-state index contributed by atoms with van der Waals surface area (Å²) >= 11 is 0. The number of hydrogen-bond acceptors (Lipinski definition) is 4. The number of pyridine rings is 1. The summed E-state index contributed by atoms with van der Waals surface area (Å²) < 4.78 is 21.4. The number of cyclic esters (lactones) is 1. The lowest BCUT2D eigenvalue weighted by Gasteiger charge is -2.14. The molecule has 0 aliphatic carbocycles. The van der Waals surface area contributed by atoms with Crippen LogP contribution in [-0.2, 0) is 4.74 Å². The van der Waals surface area contributed by atoms with Gasteiger partial charge in [-0.05, 0) is 36.8 Å². The predicted octanol–water partition coefficient (Wildman–Crippen LogP) is 3.27. The summed E-state index contributed by atoms with van der Waals surface area (Å²) in [6.45, 7) is 2.39. The summed E-state index contributed by atoms with van der Waals surface area (Å²) in [5.74, 6) is -0.403. The number of benzene rings is 1. The lowest BCUT2D eigenvalue weighted by atomic mass is 10.1. The number of halogens is 1. The van der Waals surface area contributed by atoms with Crippen LogP contribution in [0.4, 0.5) is 14.9 Å². The zero-order chi connectivity index (χ0) is 16.7. The first-order chi connectivity index (χ1) is 11.7. The highest BCUT2D eigenvalue weighted by Crippen LogP contribution is 2.29. The van der Waals surface area contributed by atoms with E-state index in [0.717, 1.165) is 6.42 Å². The number of ether oxygens (including phenoxy) is 1. The molecule has 4 rings (SSSR count). The van der Waals surface area contributed by atoms with Crippen LogP contribution in [0.25, 0.3) is 16.8 Å². The Morgan fingerprint density at radius 1 is 1.33 bits per heavy atom. The van der Waals surface area contributed by atoms with Crippen molar-refractivity contribution in [3.05, 3.63) is 48.7 Å². The number of rotatable bonds is 3. The summed E-state index contributed by atoms with van der Waals surface area (Å²) in [5.41, 5.74) is 2.32. The van der Waals surface area contributed by atoms with Gasteiger partial charge in [-0.15, -0.1) is 0 Å². The van der Waals surface area contributed by atoms with Crippen LogP contribution in [0.1, 0.15) is 13.3 Å². The van der Waals surface area contributed by atoms with Gasteiger partial charge in [0, 0.05) is 17.3 Å². The van der Waals surface area contributed by atoms with Crippen molar-refractivity contribution in [2.24, 2.45) is 0 Å². The fraction of sp³-hybridized carbons (Fsp3) is 0.235. The van der Waals surface area contributed by atoms with Gasteiger partial charge in [-0.25, -0.2) is 18.7 Å². The molecular weight excluding hydrogens is 311 g/mol. The molecule has 1 fully saturated rings. The molecule has 1 aliphatic rings. The molecule has 1 amide bonds. The second-order valence-corrected chi connectivity index (χ2v) is 5.67.